The first-order chi connectivity index (χ1) is 16.8. The van der Waals surface area contributed by atoms with Gasteiger partial charge >= 0.3 is 0 Å². The van der Waals surface area contributed by atoms with Crippen LogP contribution in [0.5, 0.6) is 0 Å². The molecule has 0 heterocycles. The highest BCUT2D eigenvalue weighted by molar-refractivity contribution is 7.92. The van der Waals surface area contributed by atoms with Gasteiger partial charge in [-0.1, -0.05) is 47.5 Å². The first-order valence-electron chi connectivity index (χ1n) is 11.3. The summed E-state index contributed by atoms with van der Waals surface area (Å²) in [7, 11) is -4.10. The van der Waals surface area contributed by atoms with Crippen molar-refractivity contribution in [1.29, 1.82) is 0 Å². The van der Waals surface area contributed by atoms with E-state index in [1.54, 1.807) is 55.5 Å². The predicted octanol–water partition coefficient (Wildman–Crippen LogP) is 5.32. The SMILES string of the molecule is Cc1ccc(S(=O)(=O)N(CC(=O)Nc2ccccc2C(=O)NC(C)(C)C)c2ccc(C)c(Cl)c2)cc1. The van der Waals surface area contributed by atoms with Gasteiger partial charge in [0, 0.05) is 10.6 Å². The number of carbonyl (C=O) groups is 2. The Hall–Kier alpha value is -3.36. The second-order valence-corrected chi connectivity index (χ2v) is 11.8. The lowest BCUT2D eigenvalue weighted by Crippen LogP contribution is -2.41. The molecule has 0 unspecified atom stereocenters. The van der Waals surface area contributed by atoms with Crippen LogP contribution in [0.4, 0.5) is 11.4 Å². The second kappa shape index (κ2) is 10.7. The maximum atomic E-state index is 13.6. The molecule has 36 heavy (non-hydrogen) atoms. The third-order valence-corrected chi connectivity index (χ3v) is 7.47. The highest BCUT2D eigenvalue weighted by Crippen LogP contribution is 2.28. The van der Waals surface area contributed by atoms with Gasteiger partial charge in [0.1, 0.15) is 6.54 Å². The number of aryl methyl sites for hydroxylation is 2. The van der Waals surface area contributed by atoms with Crippen molar-refractivity contribution >= 4 is 44.8 Å². The van der Waals surface area contributed by atoms with Crippen molar-refractivity contribution < 1.29 is 18.0 Å². The summed E-state index contributed by atoms with van der Waals surface area (Å²) in [6, 6.07) is 17.8. The Kier molecular flexibility index (Phi) is 8.11. The van der Waals surface area contributed by atoms with Crippen LogP contribution in [0.25, 0.3) is 0 Å². The van der Waals surface area contributed by atoms with Crippen LogP contribution in [0.1, 0.15) is 42.3 Å². The van der Waals surface area contributed by atoms with Crippen molar-refractivity contribution in [2.45, 2.75) is 45.1 Å². The summed E-state index contributed by atoms with van der Waals surface area (Å²) >= 11 is 6.28. The smallest absolute Gasteiger partial charge is 0.264 e. The third-order valence-electron chi connectivity index (χ3n) is 5.27. The number of nitrogens with one attached hydrogen (secondary N) is 2. The zero-order chi connectivity index (χ0) is 26.7. The Bertz CT molecular complexity index is 1380. The van der Waals surface area contributed by atoms with Crippen molar-refractivity contribution in [3.05, 3.63) is 88.4 Å². The summed E-state index contributed by atoms with van der Waals surface area (Å²) in [4.78, 5) is 26.0. The van der Waals surface area contributed by atoms with Crippen molar-refractivity contribution in [3.63, 3.8) is 0 Å². The molecule has 7 nitrogen and oxygen atoms in total. The van der Waals surface area contributed by atoms with Crippen LogP contribution >= 0.6 is 11.6 Å². The van der Waals surface area contributed by atoms with Crippen molar-refractivity contribution in [1.82, 2.24) is 5.32 Å². The highest BCUT2D eigenvalue weighted by atomic mass is 35.5. The molecule has 9 heteroatoms. The van der Waals surface area contributed by atoms with E-state index in [1.165, 1.54) is 18.2 Å². The fourth-order valence-electron chi connectivity index (χ4n) is 3.41. The second-order valence-electron chi connectivity index (χ2n) is 9.56. The van der Waals surface area contributed by atoms with Gasteiger partial charge in [0.2, 0.25) is 5.91 Å². The molecule has 0 spiro atoms. The van der Waals surface area contributed by atoms with Crippen LogP contribution in [-0.4, -0.2) is 32.3 Å². The van der Waals surface area contributed by atoms with Crippen LogP contribution < -0.4 is 14.9 Å². The number of rotatable bonds is 7. The topological polar surface area (TPSA) is 95.6 Å². The van der Waals surface area contributed by atoms with Crippen molar-refractivity contribution in [2.24, 2.45) is 0 Å². The molecule has 0 aliphatic heterocycles. The van der Waals surface area contributed by atoms with Gasteiger partial charge in [-0.25, -0.2) is 8.42 Å². The molecule has 2 amide bonds. The number of halogens is 1. The van der Waals surface area contributed by atoms with Gasteiger partial charge in [-0.2, -0.15) is 0 Å². The van der Waals surface area contributed by atoms with E-state index in [1.807, 2.05) is 27.7 Å². The fourth-order valence-corrected chi connectivity index (χ4v) is 5.00. The lowest BCUT2D eigenvalue weighted by molar-refractivity contribution is -0.114. The number of hydrogen-bond acceptors (Lipinski definition) is 4. The first kappa shape index (κ1) is 27.2. The number of para-hydroxylation sites is 1. The van der Waals surface area contributed by atoms with Gasteiger partial charge in [-0.3, -0.25) is 13.9 Å². The number of amides is 2. The first-order valence-corrected chi connectivity index (χ1v) is 13.2. The molecule has 0 aliphatic carbocycles. The summed E-state index contributed by atoms with van der Waals surface area (Å²) in [5, 5.41) is 5.94. The molecular formula is C27H30ClN3O4S. The number of anilines is 2. The maximum Gasteiger partial charge on any atom is 0.264 e. The van der Waals surface area contributed by atoms with Gasteiger partial charge < -0.3 is 10.6 Å². The van der Waals surface area contributed by atoms with Crippen LogP contribution in [-0.2, 0) is 14.8 Å². The molecule has 0 atom stereocenters. The quantitative estimate of drug-likeness (QED) is 0.434. The Morgan fingerprint density at radius 2 is 1.58 bits per heavy atom. The lowest BCUT2D eigenvalue weighted by Gasteiger charge is -2.25. The number of carbonyl (C=O) groups excluding carboxylic acids is 2. The molecule has 0 fully saturated rings. The Morgan fingerprint density at radius 1 is 0.944 bits per heavy atom. The molecule has 2 N–H and O–H groups in total. The molecule has 3 aromatic carbocycles. The van der Waals surface area contributed by atoms with E-state index in [4.69, 9.17) is 11.6 Å². The van der Waals surface area contributed by atoms with Gasteiger partial charge in [0.25, 0.3) is 15.9 Å². The normalized spacial score (nSPS) is 11.6. The van der Waals surface area contributed by atoms with Gasteiger partial charge in [-0.15, -0.1) is 0 Å². The average molecular weight is 528 g/mol. The molecule has 0 bridgehead atoms. The molecule has 0 saturated carbocycles. The summed E-state index contributed by atoms with van der Waals surface area (Å²) in [5.41, 5.74) is 2.00. The number of sulfonamides is 1. The molecule has 0 radical (unpaired) electrons. The number of benzene rings is 3. The summed E-state index contributed by atoms with van der Waals surface area (Å²) in [5.74, 6) is -0.966. The fraction of sp³-hybridized carbons (Fsp3) is 0.259. The minimum atomic E-state index is -4.10. The Morgan fingerprint density at radius 3 is 2.19 bits per heavy atom. The monoisotopic (exact) mass is 527 g/mol. The molecule has 3 rings (SSSR count). The molecule has 0 aromatic heterocycles. The number of hydrogen-bond donors (Lipinski definition) is 2. The van der Waals surface area contributed by atoms with E-state index >= 15 is 0 Å². The number of nitrogens with zero attached hydrogens (tertiary/aromatic N) is 1. The van der Waals surface area contributed by atoms with Gasteiger partial charge in [0.05, 0.1) is 21.8 Å². The zero-order valence-corrected chi connectivity index (χ0v) is 22.5. The molecular weight excluding hydrogens is 498 g/mol. The van der Waals surface area contributed by atoms with E-state index < -0.39 is 28.0 Å². The maximum absolute atomic E-state index is 13.6. The molecule has 0 aliphatic rings. The summed E-state index contributed by atoms with van der Waals surface area (Å²) in [6.45, 7) is 8.70. The molecule has 0 saturated heterocycles. The molecule has 190 valence electrons. The van der Waals surface area contributed by atoms with E-state index in [-0.39, 0.29) is 27.7 Å². The average Bonchev–Trinajstić information content (AvgIpc) is 2.79. The van der Waals surface area contributed by atoms with Crippen LogP contribution in [0, 0.1) is 13.8 Å². The standard InChI is InChI=1S/C27H30ClN3O4S/c1-18-10-14-21(15-11-18)36(34,35)31(20-13-12-19(2)23(28)16-20)17-25(32)29-24-9-7-6-8-22(24)26(33)30-27(3,4)5/h6-16H,17H2,1-5H3,(H,29,32)(H,30,33). The van der Waals surface area contributed by atoms with E-state index in [0.29, 0.717) is 5.02 Å². The predicted molar refractivity (Wildman–Crippen MR) is 144 cm³/mol. The third kappa shape index (κ3) is 6.65. The zero-order valence-electron chi connectivity index (χ0n) is 20.9. The minimum Gasteiger partial charge on any atom is -0.347 e. The van der Waals surface area contributed by atoms with E-state index in [0.717, 1.165) is 15.4 Å². The van der Waals surface area contributed by atoms with E-state index in [9.17, 15) is 18.0 Å². The van der Waals surface area contributed by atoms with Gasteiger partial charge in [-0.05, 0) is 76.6 Å². The summed E-state index contributed by atoms with van der Waals surface area (Å²) in [6.07, 6.45) is 0. The van der Waals surface area contributed by atoms with Crippen molar-refractivity contribution in [3.8, 4) is 0 Å². The van der Waals surface area contributed by atoms with Crippen LogP contribution in [0.2, 0.25) is 5.02 Å². The lowest BCUT2D eigenvalue weighted by atomic mass is 10.1. The van der Waals surface area contributed by atoms with Gasteiger partial charge in [0.15, 0.2) is 0 Å². The Balaban J connectivity index is 1.95. The van der Waals surface area contributed by atoms with Crippen LogP contribution in [0.3, 0.4) is 0 Å². The summed E-state index contributed by atoms with van der Waals surface area (Å²) < 4.78 is 28.2. The van der Waals surface area contributed by atoms with Crippen LogP contribution in [0.15, 0.2) is 71.6 Å². The highest BCUT2D eigenvalue weighted by Gasteiger charge is 2.28. The van der Waals surface area contributed by atoms with E-state index in [2.05, 4.69) is 10.6 Å². The van der Waals surface area contributed by atoms with Crippen molar-refractivity contribution in [2.75, 3.05) is 16.2 Å². The largest absolute Gasteiger partial charge is 0.347 e. The Labute approximate surface area is 217 Å². The molecule has 3 aromatic rings. The minimum absolute atomic E-state index is 0.0440.